The van der Waals surface area contributed by atoms with Gasteiger partial charge in [0.05, 0.1) is 0 Å². The summed E-state index contributed by atoms with van der Waals surface area (Å²) in [5.74, 6) is 3.84. The summed E-state index contributed by atoms with van der Waals surface area (Å²) in [5.41, 5.74) is 10.0. The van der Waals surface area contributed by atoms with Crippen LogP contribution in [0.3, 0.4) is 0 Å². The van der Waals surface area contributed by atoms with Gasteiger partial charge in [-0.15, -0.1) is 0 Å². The molecule has 45 heavy (non-hydrogen) atoms. The fraction of sp³-hybridized carbons (Fsp3) is 0.250. The SMILES string of the molecule is CC1(C)CCC(C)(C)c2c1cc1c3c2Oc2cc(N4c5ccccc5[Si](C)(C)c5ccccc54)ccc2B3c2ccccc2O1. The highest BCUT2D eigenvalue weighted by molar-refractivity contribution is 7.02. The van der Waals surface area contributed by atoms with Crippen molar-refractivity contribution in [2.24, 2.45) is 0 Å². The fourth-order valence-electron chi connectivity index (χ4n) is 8.66. The van der Waals surface area contributed by atoms with Crippen LogP contribution in [0, 0.1) is 0 Å². The zero-order valence-electron chi connectivity index (χ0n) is 27.0. The Morgan fingerprint density at radius 2 is 1.27 bits per heavy atom. The van der Waals surface area contributed by atoms with Gasteiger partial charge in [-0.1, -0.05) is 101 Å². The fourth-order valence-corrected chi connectivity index (χ4v) is 11.6. The van der Waals surface area contributed by atoms with E-state index in [1.54, 1.807) is 0 Å². The molecule has 3 nitrogen and oxygen atoms in total. The van der Waals surface area contributed by atoms with Crippen molar-refractivity contribution in [1.82, 2.24) is 0 Å². The van der Waals surface area contributed by atoms with Crippen LogP contribution in [0.2, 0.25) is 13.1 Å². The molecule has 0 N–H and O–H groups in total. The highest BCUT2D eigenvalue weighted by Gasteiger charge is 2.48. The van der Waals surface area contributed by atoms with E-state index in [1.165, 1.54) is 49.3 Å². The molecule has 9 rings (SSSR count). The third-order valence-electron chi connectivity index (χ3n) is 11.2. The van der Waals surface area contributed by atoms with E-state index in [2.05, 4.69) is 143 Å². The zero-order chi connectivity index (χ0) is 30.9. The number of para-hydroxylation sites is 3. The summed E-state index contributed by atoms with van der Waals surface area (Å²) >= 11 is 0. The summed E-state index contributed by atoms with van der Waals surface area (Å²) in [5, 5.41) is 2.93. The Morgan fingerprint density at radius 1 is 0.644 bits per heavy atom. The Kier molecular flexibility index (Phi) is 5.39. The van der Waals surface area contributed by atoms with E-state index in [1.807, 2.05) is 0 Å². The molecule has 5 heteroatoms. The third-order valence-corrected chi connectivity index (χ3v) is 14.8. The number of rotatable bonds is 1. The van der Waals surface area contributed by atoms with Gasteiger partial charge in [-0.3, -0.25) is 0 Å². The molecule has 0 saturated carbocycles. The van der Waals surface area contributed by atoms with E-state index >= 15 is 0 Å². The van der Waals surface area contributed by atoms with Crippen molar-refractivity contribution in [3.8, 4) is 23.0 Å². The van der Waals surface area contributed by atoms with Gasteiger partial charge in [0.15, 0.2) is 0 Å². The average molecular weight is 604 g/mol. The van der Waals surface area contributed by atoms with Crippen LogP contribution in [0.15, 0.2) is 97.1 Å². The molecule has 0 fully saturated rings. The molecule has 5 aromatic rings. The molecular formula is C40H38BNO2Si. The molecule has 3 aliphatic heterocycles. The lowest BCUT2D eigenvalue weighted by Gasteiger charge is -2.45. The molecule has 5 aromatic carbocycles. The van der Waals surface area contributed by atoms with Gasteiger partial charge in [-0.25, -0.2) is 0 Å². The molecule has 0 spiro atoms. The molecule has 0 unspecified atom stereocenters. The lowest BCUT2D eigenvalue weighted by Crippen LogP contribution is -2.59. The first-order valence-corrected chi connectivity index (χ1v) is 19.4. The Labute approximate surface area is 267 Å². The van der Waals surface area contributed by atoms with E-state index in [9.17, 15) is 0 Å². The first kappa shape index (κ1) is 27.1. The minimum Gasteiger partial charge on any atom is -0.458 e. The van der Waals surface area contributed by atoms with Gasteiger partial charge in [0.25, 0.3) is 6.71 Å². The summed E-state index contributed by atoms with van der Waals surface area (Å²) in [6.07, 6.45) is 2.26. The first-order chi connectivity index (χ1) is 21.6. The number of hydrogen-bond acceptors (Lipinski definition) is 3. The maximum Gasteiger partial charge on any atom is 0.260 e. The van der Waals surface area contributed by atoms with Crippen LogP contribution in [-0.2, 0) is 10.8 Å². The number of benzene rings is 5. The van der Waals surface area contributed by atoms with E-state index in [0.29, 0.717) is 0 Å². The van der Waals surface area contributed by atoms with Crippen molar-refractivity contribution in [3.05, 3.63) is 108 Å². The largest absolute Gasteiger partial charge is 0.458 e. The van der Waals surface area contributed by atoms with Gasteiger partial charge in [0, 0.05) is 34.2 Å². The Bertz CT molecular complexity index is 2030. The van der Waals surface area contributed by atoms with Gasteiger partial charge in [0.1, 0.15) is 31.1 Å². The molecule has 3 heterocycles. The van der Waals surface area contributed by atoms with Crippen LogP contribution < -0.4 is 41.1 Å². The van der Waals surface area contributed by atoms with Gasteiger partial charge in [-0.05, 0) is 80.9 Å². The highest BCUT2D eigenvalue weighted by atomic mass is 28.3. The third kappa shape index (κ3) is 3.65. The lowest BCUT2D eigenvalue weighted by molar-refractivity contribution is 0.318. The smallest absolute Gasteiger partial charge is 0.260 e. The molecule has 0 amide bonds. The van der Waals surface area contributed by atoms with Gasteiger partial charge >= 0.3 is 0 Å². The lowest BCUT2D eigenvalue weighted by atomic mass is 9.34. The summed E-state index contributed by atoms with van der Waals surface area (Å²) in [6, 6.07) is 35.8. The van der Waals surface area contributed by atoms with Crippen LogP contribution in [-0.4, -0.2) is 14.8 Å². The topological polar surface area (TPSA) is 21.7 Å². The van der Waals surface area contributed by atoms with Crippen molar-refractivity contribution in [1.29, 1.82) is 0 Å². The Balaban J connectivity index is 1.30. The Hall–Kier alpha value is -4.22. The molecule has 0 saturated heterocycles. The van der Waals surface area contributed by atoms with E-state index in [0.717, 1.165) is 41.5 Å². The minimum absolute atomic E-state index is 0.00714. The summed E-state index contributed by atoms with van der Waals surface area (Å²) in [6.45, 7) is 14.5. The van der Waals surface area contributed by atoms with Crippen LogP contribution in [0.1, 0.15) is 51.7 Å². The average Bonchev–Trinajstić information content (AvgIpc) is 3.03. The van der Waals surface area contributed by atoms with E-state index < -0.39 is 8.07 Å². The van der Waals surface area contributed by atoms with Crippen molar-refractivity contribution in [3.63, 3.8) is 0 Å². The van der Waals surface area contributed by atoms with Crippen LogP contribution >= 0.6 is 0 Å². The number of ether oxygens (including phenoxy) is 2. The molecule has 0 atom stereocenters. The number of nitrogens with zero attached hydrogens (tertiary/aromatic N) is 1. The van der Waals surface area contributed by atoms with Crippen molar-refractivity contribution in [2.45, 2.75) is 64.5 Å². The standard InChI is InChI=1S/C40H38BNO2Si/c1-39(2)21-22-40(3,4)36-26(39)24-33-37-38(36)44-32-23-25(19-20-28(32)41(37)27-13-7-10-16-31(27)43-33)42-29-14-8-11-17-34(29)45(5,6)35-18-12-9-15-30(35)42/h7-20,23-24H,21-22H2,1-6H3. The maximum atomic E-state index is 7.22. The van der Waals surface area contributed by atoms with Crippen molar-refractivity contribution in [2.75, 3.05) is 4.90 Å². The van der Waals surface area contributed by atoms with Crippen LogP contribution in [0.5, 0.6) is 23.0 Å². The predicted molar refractivity (Wildman–Crippen MR) is 191 cm³/mol. The van der Waals surface area contributed by atoms with Crippen LogP contribution in [0.4, 0.5) is 17.1 Å². The summed E-state index contributed by atoms with van der Waals surface area (Å²) < 4.78 is 13.9. The molecule has 0 bridgehead atoms. The number of hydrogen-bond donors (Lipinski definition) is 0. The van der Waals surface area contributed by atoms with Gasteiger partial charge < -0.3 is 14.4 Å². The molecule has 0 radical (unpaired) electrons. The molecule has 1 aliphatic carbocycles. The normalized spacial score (nSPS) is 18.6. The van der Waals surface area contributed by atoms with Crippen molar-refractivity contribution < 1.29 is 9.47 Å². The summed E-state index contributed by atoms with van der Waals surface area (Å²) in [7, 11) is -1.87. The second kappa shape index (κ2) is 8.95. The Morgan fingerprint density at radius 3 is 2.00 bits per heavy atom. The number of anilines is 3. The zero-order valence-corrected chi connectivity index (χ0v) is 28.0. The summed E-state index contributed by atoms with van der Waals surface area (Å²) in [4.78, 5) is 2.46. The molecule has 0 aromatic heterocycles. The predicted octanol–water partition coefficient (Wildman–Crippen LogP) is 7.37. The minimum atomic E-state index is -1.87. The second-order valence-electron chi connectivity index (χ2n) is 15.2. The van der Waals surface area contributed by atoms with Crippen LogP contribution in [0.25, 0.3) is 0 Å². The van der Waals surface area contributed by atoms with E-state index in [-0.39, 0.29) is 17.5 Å². The number of fused-ring (bicyclic) bond motifs is 8. The second-order valence-corrected chi connectivity index (χ2v) is 19.5. The first-order valence-electron chi connectivity index (χ1n) is 16.4. The van der Waals surface area contributed by atoms with Gasteiger partial charge in [-0.2, -0.15) is 0 Å². The quantitative estimate of drug-likeness (QED) is 0.183. The highest BCUT2D eigenvalue weighted by Crippen LogP contribution is 2.53. The van der Waals surface area contributed by atoms with E-state index in [4.69, 9.17) is 9.47 Å². The maximum absolute atomic E-state index is 7.22. The van der Waals surface area contributed by atoms with Crippen molar-refractivity contribution >= 4 is 58.6 Å². The molecular weight excluding hydrogens is 565 g/mol. The molecule has 4 aliphatic rings. The monoisotopic (exact) mass is 603 g/mol. The van der Waals surface area contributed by atoms with Gasteiger partial charge in [0.2, 0.25) is 0 Å². The molecule has 222 valence electrons.